The molecule has 0 amide bonds. The fourth-order valence-corrected chi connectivity index (χ4v) is 5.95. The van der Waals surface area contributed by atoms with Gasteiger partial charge in [-0.1, -0.05) is 12.2 Å². The van der Waals surface area contributed by atoms with Crippen LogP contribution in [0.5, 0.6) is 0 Å². The largest absolute Gasteiger partial charge is 0.382 e. The fourth-order valence-electron chi connectivity index (χ4n) is 5.79. The first-order valence-electron chi connectivity index (χ1n) is 9.63. The van der Waals surface area contributed by atoms with Crippen LogP contribution < -0.4 is 0 Å². The lowest BCUT2D eigenvalue weighted by atomic mass is 9.54. The van der Waals surface area contributed by atoms with Crippen molar-refractivity contribution in [3.63, 3.8) is 0 Å². The van der Waals surface area contributed by atoms with Crippen molar-refractivity contribution in [3.8, 4) is 0 Å². The number of fused-ring (bicyclic) bond motifs is 1. The summed E-state index contributed by atoms with van der Waals surface area (Å²) in [5.74, 6) is 0.711. The highest BCUT2D eigenvalue weighted by atomic mass is 35.5. The minimum atomic E-state index is -0.922. The first-order valence-corrected chi connectivity index (χ1v) is 10.1. The lowest BCUT2D eigenvalue weighted by Crippen LogP contribution is -2.61. The Balaban J connectivity index is 1.97. The molecule has 2 unspecified atom stereocenters. The molecule has 1 N–H and O–H groups in total. The number of ether oxygens (including phenoxy) is 1. The van der Waals surface area contributed by atoms with Gasteiger partial charge in [0.05, 0.1) is 16.6 Å². The van der Waals surface area contributed by atoms with Gasteiger partial charge in [-0.15, -0.1) is 11.6 Å². The van der Waals surface area contributed by atoms with Crippen molar-refractivity contribution in [2.75, 3.05) is 0 Å². The van der Waals surface area contributed by atoms with E-state index in [1.54, 1.807) is 0 Å². The van der Waals surface area contributed by atoms with Gasteiger partial charge in [0, 0.05) is 5.92 Å². The van der Waals surface area contributed by atoms with Gasteiger partial charge in [-0.25, -0.2) is 6.57 Å². The SMILES string of the molecule is [C-]#[N+]C1C2[C@H](CC[C@@]1(C)O)C(=C)CC[C@@H]2[C@@]1(C)CC[C@H](Cl)C(C)(C)O1. The highest BCUT2D eigenvalue weighted by molar-refractivity contribution is 6.21. The number of halogens is 1. The van der Waals surface area contributed by atoms with Gasteiger partial charge in [0.25, 0.3) is 6.04 Å². The van der Waals surface area contributed by atoms with Crippen LogP contribution in [0.2, 0.25) is 0 Å². The molecule has 3 rings (SSSR count). The summed E-state index contributed by atoms with van der Waals surface area (Å²) in [7, 11) is 0. The van der Waals surface area contributed by atoms with Crippen molar-refractivity contribution in [2.24, 2.45) is 17.8 Å². The molecule has 0 aromatic carbocycles. The zero-order valence-electron chi connectivity index (χ0n) is 16.0. The van der Waals surface area contributed by atoms with Crippen LogP contribution in [0.1, 0.15) is 66.2 Å². The van der Waals surface area contributed by atoms with Gasteiger partial charge in [-0.2, -0.15) is 0 Å². The summed E-state index contributed by atoms with van der Waals surface area (Å²) in [5.41, 5.74) is -0.328. The maximum Gasteiger partial charge on any atom is 0.255 e. The van der Waals surface area contributed by atoms with E-state index in [1.807, 2.05) is 6.92 Å². The summed E-state index contributed by atoms with van der Waals surface area (Å²) in [4.78, 5) is 3.92. The molecule has 140 valence electrons. The van der Waals surface area contributed by atoms with Crippen LogP contribution >= 0.6 is 11.6 Å². The Morgan fingerprint density at radius 2 is 1.88 bits per heavy atom. The van der Waals surface area contributed by atoms with Crippen LogP contribution in [-0.4, -0.2) is 33.3 Å². The number of aliphatic hydroxyl groups is 1. The summed E-state index contributed by atoms with van der Waals surface area (Å²) in [5, 5.41) is 10.9. The maximum absolute atomic E-state index is 10.9. The molecule has 3 nitrogen and oxygen atoms in total. The summed E-state index contributed by atoms with van der Waals surface area (Å²) in [6.07, 6.45) is 5.44. The van der Waals surface area contributed by atoms with Gasteiger partial charge >= 0.3 is 0 Å². The lowest BCUT2D eigenvalue weighted by Gasteiger charge is -2.56. The van der Waals surface area contributed by atoms with E-state index >= 15 is 0 Å². The molecule has 0 radical (unpaired) electrons. The van der Waals surface area contributed by atoms with Gasteiger partial charge in [-0.3, -0.25) is 0 Å². The third-order valence-electron chi connectivity index (χ3n) is 7.26. The number of hydrogen-bond acceptors (Lipinski definition) is 2. The van der Waals surface area contributed by atoms with Gasteiger partial charge in [0.1, 0.15) is 5.60 Å². The van der Waals surface area contributed by atoms with E-state index in [0.717, 1.165) is 32.1 Å². The molecule has 3 aliphatic rings. The molecule has 25 heavy (non-hydrogen) atoms. The zero-order chi connectivity index (χ0) is 18.6. The average molecular weight is 366 g/mol. The van der Waals surface area contributed by atoms with Crippen molar-refractivity contribution in [1.29, 1.82) is 0 Å². The first kappa shape index (κ1) is 19.2. The Labute approximate surface area is 157 Å². The fraction of sp³-hybridized carbons (Fsp3) is 0.857. The predicted octanol–water partition coefficient (Wildman–Crippen LogP) is 4.97. The molecule has 1 saturated heterocycles. The molecule has 0 aromatic rings. The lowest BCUT2D eigenvalue weighted by molar-refractivity contribution is -0.210. The van der Waals surface area contributed by atoms with E-state index in [2.05, 4.69) is 32.2 Å². The van der Waals surface area contributed by atoms with Crippen molar-refractivity contribution in [2.45, 2.75) is 94.4 Å². The molecular weight excluding hydrogens is 334 g/mol. The second-order valence-electron chi connectivity index (χ2n) is 9.48. The van der Waals surface area contributed by atoms with Gasteiger partial charge in [-0.05, 0) is 78.1 Å². The minimum Gasteiger partial charge on any atom is -0.382 e. The summed E-state index contributed by atoms with van der Waals surface area (Å²) >= 11 is 6.51. The number of hydrogen-bond donors (Lipinski definition) is 1. The van der Waals surface area contributed by atoms with E-state index in [-0.39, 0.29) is 34.5 Å². The third kappa shape index (κ3) is 3.15. The summed E-state index contributed by atoms with van der Waals surface area (Å²) < 4.78 is 6.61. The van der Waals surface area contributed by atoms with Crippen LogP contribution in [-0.2, 0) is 4.74 Å². The van der Waals surface area contributed by atoms with Gasteiger partial charge in [0.15, 0.2) is 0 Å². The monoisotopic (exact) mass is 365 g/mol. The molecular formula is C21H32ClNO2. The Kier molecular flexibility index (Phi) is 4.81. The Morgan fingerprint density at radius 3 is 2.48 bits per heavy atom. The van der Waals surface area contributed by atoms with Gasteiger partial charge in [0.2, 0.25) is 0 Å². The van der Waals surface area contributed by atoms with E-state index in [0.29, 0.717) is 12.3 Å². The smallest absolute Gasteiger partial charge is 0.255 e. The topological polar surface area (TPSA) is 33.8 Å². The second kappa shape index (κ2) is 6.25. The predicted molar refractivity (Wildman–Crippen MR) is 102 cm³/mol. The van der Waals surface area contributed by atoms with Crippen molar-refractivity contribution < 1.29 is 9.84 Å². The summed E-state index contributed by atoms with van der Waals surface area (Å²) in [6, 6.07) is -0.384. The van der Waals surface area contributed by atoms with Gasteiger partial charge < -0.3 is 14.7 Å². The molecule has 4 heteroatoms. The number of allylic oxidation sites excluding steroid dienone is 1. The highest BCUT2D eigenvalue weighted by Gasteiger charge is 2.60. The molecule has 7 atom stereocenters. The molecule has 1 aliphatic heterocycles. The van der Waals surface area contributed by atoms with Crippen LogP contribution in [0.4, 0.5) is 0 Å². The molecule has 1 heterocycles. The zero-order valence-corrected chi connectivity index (χ0v) is 16.8. The maximum atomic E-state index is 10.9. The van der Waals surface area contributed by atoms with Crippen LogP contribution in [0.25, 0.3) is 4.85 Å². The molecule has 2 aliphatic carbocycles. The Morgan fingerprint density at radius 1 is 1.20 bits per heavy atom. The van der Waals surface area contributed by atoms with Crippen LogP contribution in [0.3, 0.4) is 0 Å². The van der Waals surface area contributed by atoms with Crippen LogP contribution in [0.15, 0.2) is 12.2 Å². The minimum absolute atomic E-state index is 0.0149. The van der Waals surface area contributed by atoms with E-state index in [1.165, 1.54) is 5.57 Å². The molecule has 0 spiro atoms. The van der Waals surface area contributed by atoms with E-state index < -0.39 is 5.60 Å². The Hall–Kier alpha value is -0.560. The molecule has 0 bridgehead atoms. The normalized spacial score (nSPS) is 50.0. The number of alkyl halides is 1. The van der Waals surface area contributed by atoms with E-state index in [4.69, 9.17) is 22.9 Å². The molecule has 2 saturated carbocycles. The highest BCUT2D eigenvalue weighted by Crippen LogP contribution is 2.56. The number of rotatable bonds is 1. The van der Waals surface area contributed by atoms with E-state index in [9.17, 15) is 5.11 Å². The summed E-state index contributed by atoms with van der Waals surface area (Å²) in [6.45, 7) is 20.3. The molecule has 3 fully saturated rings. The standard InChI is InChI=1S/C21H32ClNO2/c1-13-7-8-15(21(5)12-10-16(22)19(2,3)25-21)17-14(13)9-11-20(4,24)18(17)23-6/h14-18,24H,1,7-12H2,2-5H3/t14-,15+,16+,17?,18?,20-,21-/m1/s1. The second-order valence-corrected chi connectivity index (χ2v) is 10.0. The van der Waals surface area contributed by atoms with Crippen molar-refractivity contribution in [3.05, 3.63) is 23.6 Å². The Bertz CT molecular complexity index is 593. The average Bonchev–Trinajstić information content (AvgIpc) is 2.50. The third-order valence-corrected chi connectivity index (χ3v) is 8.01. The molecule has 0 aromatic heterocycles. The number of nitrogens with zero attached hydrogens (tertiary/aromatic N) is 1. The van der Waals surface area contributed by atoms with Crippen molar-refractivity contribution >= 4 is 11.6 Å². The van der Waals surface area contributed by atoms with Crippen LogP contribution in [0, 0.1) is 24.3 Å². The first-order chi connectivity index (χ1) is 11.5. The quantitative estimate of drug-likeness (QED) is 0.404. The van der Waals surface area contributed by atoms with Crippen molar-refractivity contribution in [1.82, 2.24) is 0 Å².